The molecule has 0 saturated heterocycles. The van der Waals surface area contributed by atoms with Crippen molar-refractivity contribution in [3.8, 4) is 5.75 Å². The number of nitrogens with two attached hydrogens (primary N) is 1. The highest BCUT2D eigenvalue weighted by atomic mass is 16.3. The molecule has 0 spiro atoms. The van der Waals surface area contributed by atoms with Crippen molar-refractivity contribution in [3.05, 3.63) is 29.8 Å². The molecule has 0 aliphatic rings. The standard InChI is InChI=1S/C13H22N2O/c1-11(2)15(9-3-8-14)10-12-4-6-13(16)7-5-12/h4-7,11,16H,3,8-10,14H2,1-2H3. The minimum absolute atomic E-state index is 0.321. The van der Waals surface area contributed by atoms with Gasteiger partial charge in [-0.2, -0.15) is 0 Å². The number of hydrogen-bond donors (Lipinski definition) is 2. The highest BCUT2D eigenvalue weighted by Gasteiger charge is 2.09. The molecule has 0 heterocycles. The van der Waals surface area contributed by atoms with Gasteiger partial charge in [0, 0.05) is 12.6 Å². The van der Waals surface area contributed by atoms with E-state index in [2.05, 4.69) is 18.7 Å². The van der Waals surface area contributed by atoms with Crippen molar-refractivity contribution in [2.24, 2.45) is 5.73 Å². The van der Waals surface area contributed by atoms with E-state index in [4.69, 9.17) is 5.73 Å². The van der Waals surface area contributed by atoms with Crippen LogP contribution in [-0.4, -0.2) is 29.1 Å². The van der Waals surface area contributed by atoms with Crippen LogP contribution in [0.4, 0.5) is 0 Å². The zero-order chi connectivity index (χ0) is 12.0. The zero-order valence-corrected chi connectivity index (χ0v) is 10.2. The molecule has 90 valence electrons. The third kappa shape index (κ3) is 4.21. The van der Waals surface area contributed by atoms with Crippen LogP contribution in [0.15, 0.2) is 24.3 Å². The lowest BCUT2D eigenvalue weighted by molar-refractivity contribution is 0.211. The normalized spacial score (nSPS) is 11.3. The Morgan fingerprint density at radius 1 is 1.25 bits per heavy atom. The van der Waals surface area contributed by atoms with E-state index in [1.165, 1.54) is 5.56 Å². The van der Waals surface area contributed by atoms with E-state index in [0.717, 1.165) is 26.1 Å². The monoisotopic (exact) mass is 222 g/mol. The number of nitrogens with zero attached hydrogens (tertiary/aromatic N) is 1. The summed E-state index contributed by atoms with van der Waals surface area (Å²) in [5, 5.41) is 9.21. The summed E-state index contributed by atoms with van der Waals surface area (Å²) >= 11 is 0. The van der Waals surface area contributed by atoms with E-state index < -0.39 is 0 Å². The predicted molar refractivity (Wildman–Crippen MR) is 67.3 cm³/mol. The van der Waals surface area contributed by atoms with Crippen LogP contribution in [0.1, 0.15) is 25.8 Å². The van der Waals surface area contributed by atoms with Crippen molar-refractivity contribution in [3.63, 3.8) is 0 Å². The first-order valence-electron chi connectivity index (χ1n) is 5.85. The average molecular weight is 222 g/mol. The quantitative estimate of drug-likeness (QED) is 0.773. The van der Waals surface area contributed by atoms with Gasteiger partial charge in [0.25, 0.3) is 0 Å². The molecule has 0 fully saturated rings. The van der Waals surface area contributed by atoms with Gasteiger partial charge in [0.15, 0.2) is 0 Å². The molecule has 1 aromatic carbocycles. The van der Waals surface area contributed by atoms with Crippen LogP contribution in [0, 0.1) is 0 Å². The first kappa shape index (κ1) is 13.0. The van der Waals surface area contributed by atoms with Gasteiger partial charge in [-0.05, 0) is 51.1 Å². The Hall–Kier alpha value is -1.06. The minimum Gasteiger partial charge on any atom is -0.508 e. The summed E-state index contributed by atoms with van der Waals surface area (Å²) in [4.78, 5) is 2.39. The van der Waals surface area contributed by atoms with Gasteiger partial charge in [-0.25, -0.2) is 0 Å². The van der Waals surface area contributed by atoms with Crippen LogP contribution in [0.5, 0.6) is 5.75 Å². The number of rotatable bonds is 6. The fraction of sp³-hybridized carbons (Fsp3) is 0.538. The number of phenols is 1. The maximum Gasteiger partial charge on any atom is 0.115 e. The Labute approximate surface area is 97.9 Å². The molecule has 0 saturated carbocycles. The maximum atomic E-state index is 9.21. The molecule has 0 unspecified atom stereocenters. The molecule has 0 aliphatic heterocycles. The lowest BCUT2D eigenvalue weighted by Crippen LogP contribution is -2.32. The summed E-state index contributed by atoms with van der Waals surface area (Å²) in [6.45, 7) is 7.06. The van der Waals surface area contributed by atoms with Gasteiger partial charge in [0.1, 0.15) is 5.75 Å². The van der Waals surface area contributed by atoms with Crippen molar-refractivity contribution in [1.82, 2.24) is 4.90 Å². The van der Waals surface area contributed by atoms with E-state index in [1.54, 1.807) is 12.1 Å². The Morgan fingerprint density at radius 2 is 1.88 bits per heavy atom. The molecular weight excluding hydrogens is 200 g/mol. The summed E-state index contributed by atoms with van der Waals surface area (Å²) in [7, 11) is 0. The van der Waals surface area contributed by atoms with Gasteiger partial charge < -0.3 is 10.8 Å². The van der Waals surface area contributed by atoms with E-state index in [9.17, 15) is 5.11 Å². The van der Waals surface area contributed by atoms with Gasteiger partial charge >= 0.3 is 0 Å². The largest absolute Gasteiger partial charge is 0.508 e. The first-order chi connectivity index (χ1) is 7.63. The maximum absolute atomic E-state index is 9.21. The molecule has 0 amide bonds. The molecule has 3 N–H and O–H groups in total. The van der Waals surface area contributed by atoms with Gasteiger partial charge in [-0.3, -0.25) is 4.90 Å². The number of hydrogen-bond acceptors (Lipinski definition) is 3. The molecule has 0 aromatic heterocycles. The molecule has 0 radical (unpaired) electrons. The van der Waals surface area contributed by atoms with Crippen molar-refractivity contribution >= 4 is 0 Å². The molecular formula is C13H22N2O. The Balaban J connectivity index is 2.57. The van der Waals surface area contributed by atoms with E-state index in [1.807, 2.05) is 12.1 Å². The average Bonchev–Trinajstić information content (AvgIpc) is 2.26. The second-order valence-electron chi connectivity index (χ2n) is 4.37. The molecule has 0 bridgehead atoms. The molecule has 3 nitrogen and oxygen atoms in total. The Morgan fingerprint density at radius 3 is 2.38 bits per heavy atom. The van der Waals surface area contributed by atoms with Crippen LogP contribution < -0.4 is 5.73 Å². The fourth-order valence-corrected chi connectivity index (χ4v) is 1.65. The van der Waals surface area contributed by atoms with Crippen LogP contribution in [0.2, 0.25) is 0 Å². The van der Waals surface area contributed by atoms with Gasteiger partial charge in [0.05, 0.1) is 0 Å². The van der Waals surface area contributed by atoms with Crippen molar-refractivity contribution in [2.75, 3.05) is 13.1 Å². The Kier molecular flexibility index (Phi) is 5.29. The first-order valence-corrected chi connectivity index (χ1v) is 5.85. The smallest absolute Gasteiger partial charge is 0.115 e. The Bertz CT molecular complexity index is 295. The van der Waals surface area contributed by atoms with E-state index in [-0.39, 0.29) is 0 Å². The van der Waals surface area contributed by atoms with Crippen LogP contribution in [0.25, 0.3) is 0 Å². The van der Waals surface area contributed by atoms with Gasteiger partial charge in [-0.15, -0.1) is 0 Å². The van der Waals surface area contributed by atoms with E-state index in [0.29, 0.717) is 11.8 Å². The van der Waals surface area contributed by atoms with Crippen LogP contribution in [0.3, 0.4) is 0 Å². The lowest BCUT2D eigenvalue weighted by Gasteiger charge is -2.26. The third-order valence-electron chi connectivity index (χ3n) is 2.70. The highest BCUT2D eigenvalue weighted by Crippen LogP contribution is 2.13. The molecule has 16 heavy (non-hydrogen) atoms. The topological polar surface area (TPSA) is 49.5 Å². The third-order valence-corrected chi connectivity index (χ3v) is 2.70. The number of phenolic OH excluding ortho intramolecular Hbond substituents is 1. The summed E-state index contributed by atoms with van der Waals surface area (Å²) in [5.41, 5.74) is 6.76. The van der Waals surface area contributed by atoms with Crippen molar-refractivity contribution in [2.45, 2.75) is 32.9 Å². The predicted octanol–water partition coefficient (Wildman–Crippen LogP) is 1.95. The van der Waals surface area contributed by atoms with Crippen molar-refractivity contribution < 1.29 is 5.11 Å². The molecule has 3 heteroatoms. The molecule has 0 atom stereocenters. The molecule has 1 aromatic rings. The fourth-order valence-electron chi connectivity index (χ4n) is 1.65. The van der Waals surface area contributed by atoms with Crippen LogP contribution in [-0.2, 0) is 6.54 Å². The van der Waals surface area contributed by atoms with Gasteiger partial charge in [-0.1, -0.05) is 12.1 Å². The number of benzene rings is 1. The lowest BCUT2D eigenvalue weighted by atomic mass is 10.1. The van der Waals surface area contributed by atoms with Crippen molar-refractivity contribution in [1.29, 1.82) is 0 Å². The molecule has 0 aliphatic carbocycles. The SMILES string of the molecule is CC(C)N(CCCN)Cc1ccc(O)cc1. The summed E-state index contributed by atoms with van der Waals surface area (Å²) in [5.74, 6) is 0.321. The number of aromatic hydroxyl groups is 1. The molecule has 1 rings (SSSR count). The highest BCUT2D eigenvalue weighted by molar-refractivity contribution is 5.25. The van der Waals surface area contributed by atoms with E-state index >= 15 is 0 Å². The second-order valence-corrected chi connectivity index (χ2v) is 4.37. The minimum atomic E-state index is 0.321. The van der Waals surface area contributed by atoms with Crippen LogP contribution >= 0.6 is 0 Å². The zero-order valence-electron chi connectivity index (χ0n) is 10.2. The summed E-state index contributed by atoms with van der Waals surface area (Å²) in [6.07, 6.45) is 1.02. The van der Waals surface area contributed by atoms with Gasteiger partial charge in [0.2, 0.25) is 0 Å². The second kappa shape index (κ2) is 6.51. The summed E-state index contributed by atoms with van der Waals surface area (Å²) in [6, 6.07) is 7.91. The summed E-state index contributed by atoms with van der Waals surface area (Å²) < 4.78 is 0.